The molecule has 6 heteroatoms. The molecule has 39 heavy (non-hydrogen) atoms. The van der Waals surface area contributed by atoms with Crippen molar-refractivity contribution in [2.24, 2.45) is 0 Å². The van der Waals surface area contributed by atoms with Gasteiger partial charge in [-0.2, -0.15) is 0 Å². The van der Waals surface area contributed by atoms with Gasteiger partial charge in [0, 0.05) is 6.42 Å². The summed E-state index contributed by atoms with van der Waals surface area (Å²) >= 11 is 0. The Bertz CT molecular complexity index is 1210. The van der Waals surface area contributed by atoms with Gasteiger partial charge in [0.05, 0.1) is 43.3 Å². The lowest BCUT2D eigenvalue weighted by atomic mass is 10.0. The fourth-order valence-corrected chi connectivity index (χ4v) is 6.35. The Morgan fingerprint density at radius 1 is 0.744 bits per heavy atom. The molecule has 0 aromatic heterocycles. The quantitative estimate of drug-likeness (QED) is 0.266. The van der Waals surface area contributed by atoms with Crippen LogP contribution in [0.1, 0.15) is 43.9 Å². The van der Waals surface area contributed by atoms with Gasteiger partial charge in [-0.25, -0.2) is 8.51 Å². The first kappa shape index (κ1) is 29.2. The molecule has 0 bridgehead atoms. The summed E-state index contributed by atoms with van der Waals surface area (Å²) in [6, 6.07) is 29.6. The Labute approximate surface area is 236 Å². The van der Waals surface area contributed by atoms with Gasteiger partial charge in [0.15, 0.2) is 0 Å². The molecule has 1 aliphatic heterocycles. The fraction of sp³-hybridized carbons (Fsp3) is 0.394. The van der Waals surface area contributed by atoms with E-state index in [-0.39, 0.29) is 18.2 Å². The van der Waals surface area contributed by atoms with E-state index < -0.39 is 21.8 Å². The number of nitrogens with zero attached hydrogens (tertiary/aromatic N) is 1. The average Bonchev–Trinajstić information content (AvgIpc) is 3.23. The Morgan fingerprint density at radius 3 is 1.62 bits per heavy atom. The average molecular weight is 546 g/mol. The zero-order chi connectivity index (χ0) is 27.7. The van der Waals surface area contributed by atoms with E-state index >= 15 is 0 Å². The molecule has 0 amide bonds. The molecule has 1 saturated heterocycles. The molecule has 0 N–H and O–H groups in total. The highest BCUT2D eigenvalue weighted by Gasteiger charge is 2.54. The Balaban J connectivity index is 1.65. The number of rotatable bonds is 12. The van der Waals surface area contributed by atoms with Crippen molar-refractivity contribution in [3.8, 4) is 12.3 Å². The summed E-state index contributed by atoms with van der Waals surface area (Å²) in [5, 5.41) is 0. The zero-order valence-corrected chi connectivity index (χ0v) is 23.9. The summed E-state index contributed by atoms with van der Waals surface area (Å²) in [5.74, 6) is 2.82. The van der Waals surface area contributed by atoms with Crippen LogP contribution in [-0.4, -0.2) is 44.2 Å². The van der Waals surface area contributed by atoms with Crippen molar-refractivity contribution in [1.82, 2.24) is 4.31 Å². The second-order valence-corrected chi connectivity index (χ2v) is 12.9. The second-order valence-electron chi connectivity index (χ2n) is 10.8. The summed E-state index contributed by atoms with van der Waals surface area (Å²) in [5.41, 5.74) is 3.20. The van der Waals surface area contributed by atoms with Crippen molar-refractivity contribution in [2.75, 3.05) is 6.61 Å². The van der Waals surface area contributed by atoms with Gasteiger partial charge in [0.25, 0.3) is 0 Å². The largest absolute Gasteiger partial charge is 0.375 e. The lowest BCUT2D eigenvalue weighted by Gasteiger charge is -2.34. The summed E-state index contributed by atoms with van der Waals surface area (Å²) in [7, 11) is -1.36. The minimum absolute atomic E-state index is 0.287. The lowest BCUT2D eigenvalue weighted by molar-refractivity contribution is -0.0857. The highest BCUT2D eigenvalue weighted by atomic mass is 32.2. The van der Waals surface area contributed by atoms with Crippen LogP contribution in [-0.2, 0) is 45.0 Å². The topological polar surface area (TPSA) is 48.0 Å². The molecule has 1 aliphatic rings. The van der Waals surface area contributed by atoms with Crippen LogP contribution >= 0.6 is 0 Å². The molecule has 0 spiro atoms. The molecule has 1 unspecified atom stereocenters. The molecule has 206 valence electrons. The highest BCUT2D eigenvalue weighted by Crippen LogP contribution is 2.37. The molecule has 0 radical (unpaired) electrons. The summed E-state index contributed by atoms with van der Waals surface area (Å²) < 4.78 is 35.0. The van der Waals surface area contributed by atoms with Crippen LogP contribution in [0.15, 0.2) is 91.0 Å². The molecule has 0 saturated carbocycles. The van der Waals surface area contributed by atoms with Gasteiger partial charge in [0.1, 0.15) is 23.2 Å². The van der Waals surface area contributed by atoms with Crippen LogP contribution in [0.3, 0.4) is 0 Å². The van der Waals surface area contributed by atoms with Gasteiger partial charge in [-0.05, 0) is 37.5 Å². The highest BCUT2D eigenvalue weighted by molar-refractivity contribution is 7.84. The third-order valence-corrected chi connectivity index (χ3v) is 8.72. The van der Waals surface area contributed by atoms with E-state index in [2.05, 4.69) is 5.92 Å². The van der Waals surface area contributed by atoms with Gasteiger partial charge in [-0.1, -0.05) is 91.0 Å². The lowest BCUT2D eigenvalue weighted by Crippen LogP contribution is -2.48. The predicted octanol–water partition coefficient (Wildman–Crippen LogP) is 5.91. The Hall–Kier alpha value is -2.79. The minimum atomic E-state index is -1.36. The summed E-state index contributed by atoms with van der Waals surface area (Å²) in [6.45, 7) is 7.55. The van der Waals surface area contributed by atoms with Gasteiger partial charge in [-0.15, -0.1) is 12.3 Å². The maximum absolute atomic E-state index is 14.0. The number of hydrogen-bond donors (Lipinski definition) is 0. The van der Waals surface area contributed by atoms with Crippen molar-refractivity contribution < 1.29 is 18.4 Å². The molecule has 1 heterocycles. The van der Waals surface area contributed by atoms with Crippen molar-refractivity contribution in [2.45, 2.75) is 76.1 Å². The second kappa shape index (κ2) is 14.0. The minimum Gasteiger partial charge on any atom is -0.375 e. The molecule has 3 aromatic rings. The summed E-state index contributed by atoms with van der Waals surface area (Å²) in [6.07, 6.45) is 5.49. The molecule has 0 aliphatic carbocycles. The van der Waals surface area contributed by atoms with E-state index in [4.69, 9.17) is 20.6 Å². The maximum Gasteiger partial charge on any atom is 0.104 e. The molecule has 5 nitrogen and oxygen atoms in total. The van der Waals surface area contributed by atoms with Crippen molar-refractivity contribution in [3.63, 3.8) is 0 Å². The van der Waals surface area contributed by atoms with Crippen LogP contribution in [0.25, 0.3) is 0 Å². The van der Waals surface area contributed by atoms with Crippen LogP contribution in [0.2, 0.25) is 0 Å². The maximum atomic E-state index is 14.0. The first-order valence-corrected chi connectivity index (χ1v) is 14.6. The Morgan fingerprint density at radius 2 is 1.18 bits per heavy atom. The first-order valence-electron chi connectivity index (χ1n) is 13.4. The smallest absolute Gasteiger partial charge is 0.104 e. The number of hydrogen-bond acceptors (Lipinski definition) is 4. The molecule has 4 rings (SSSR count). The standard InChI is InChI=1S/C33H39NO4S/c1-5-15-29-31(37-23-27-18-11-7-12-19-27)32(38-24-28-20-13-8-14-21-28)30(34(29)39(35)33(2,3)4)25-36-22-26-16-9-6-10-17-26/h1,6-14,16-21,29-32H,15,22-25H2,2-4H3/t29-,30+,31+,32+,39?/m1/s1. The third kappa shape index (κ3) is 7.88. The molecular formula is C33H39NO4S. The Kier molecular flexibility index (Phi) is 10.5. The van der Waals surface area contributed by atoms with E-state index in [9.17, 15) is 4.21 Å². The molecular weight excluding hydrogens is 506 g/mol. The normalized spacial score (nSPS) is 22.4. The van der Waals surface area contributed by atoms with Crippen LogP contribution in [0.4, 0.5) is 0 Å². The zero-order valence-electron chi connectivity index (χ0n) is 23.1. The van der Waals surface area contributed by atoms with E-state index in [1.165, 1.54) is 0 Å². The molecule has 3 aromatic carbocycles. The van der Waals surface area contributed by atoms with Crippen LogP contribution < -0.4 is 0 Å². The van der Waals surface area contributed by atoms with E-state index in [1.807, 2.05) is 116 Å². The van der Waals surface area contributed by atoms with Crippen LogP contribution in [0.5, 0.6) is 0 Å². The number of ether oxygens (including phenoxy) is 3. The van der Waals surface area contributed by atoms with Crippen molar-refractivity contribution in [1.29, 1.82) is 0 Å². The third-order valence-electron chi connectivity index (χ3n) is 6.75. The van der Waals surface area contributed by atoms with E-state index in [1.54, 1.807) is 0 Å². The van der Waals surface area contributed by atoms with Gasteiger partial charge in [0.2, 0.25) is 0 Å². The fourth-order valence-electron chi connectivity index (χ4n) is 4.85. The molecule has 1 fully saturated rings. The van der Waals surface area contributed by atoms with Crippen molar-refractivity contribution >= 4 is 11.0 Å². The number of terminal acetylenes is 1. The predicted molar refractivity (Wildman–Crippen MR) is 157 cm³/mol. The first-order chi connectivity index (χ1) is 18.9. The monoisotopic (exact) mass is 545 g/mol. The van der Waals surface area contributed by atoms with Gasteiger partial charge >= 0.3 is 0 Å². The van der Waals surface area contributed by atoms with Crippen LogP contribution in [0, 0.1) is 12.3 Å². The van der Waals surface area contributed by atoms with Gasteiger partial charge in [-0.3, -0.25) is 0 Å². The molecule has 5 atom stereocenters. The van der Waals surface area contributed by atoms with E-state index in [0.717, 1.165) is 16.7 Å². The number of benzene rings is 3. The SMILES string of the molecule is C#CC[C@@H]1[C@H](OCc2ccccc2)[C@@H](OCc2ccccc2)[C@H](COCc2ccccc2)N1S(=O)C(C)(C)C. The van der Waals surface area contributed by atoms with E-state index in [0.29, 0.717) is 32.8 Å². The van der Waals surface area contributed by atoms with Gasteiger partial charge < -0.3 is 14.2 Å². The van der Waals surface area contributed by atoms with Crippen molar-refractivity contribution in [3.05, 3.63) is 108 Å². The summed E-state index contributed by atoms with van der Waals surface area (Å²) in [4.78, 5) is 0.